The van der Waals surface area contributed by atoms with Crippen LogP contribution < -0.4 is 10.9 Å². The minimum absolute atomic E-state index is 0.148. The fraction of sp³-hybridized carbons (Fsp3) is 0.526. The quantitative estimate of drug-likeness (QED) is 0.767. The summed E-state index contributed by atoms with van der Waals surface area (Å²) in [7, 11) is 1.83. The van der Waals surface area contributed by atoms with Gasteiger partial charge >= 0.3 is 0 Å². The number of amides is 1. The van der Waals surface area contributed by atoms with Crippen LogP contribution in [0.4, 0.5) is 0 Å². The lowest BCUT2D eigenvalue weighted by Crippen LogP contribution is -2.42. The number of fused-ring (bicyclic) bond motifs is 1. The van der Waals surface area contributed by atoms with Crippen molar-refractivity contribution in [2.75, 3.05) is 0 Å². The third-order valence-electron chi connectivity index (χ3n) is 5.57. The van der Waals surface area contributed by atoms with E-state index in [2.05, 4.69) is 15.4 Å². The highest BCUT2D eigenvalue weighted by Gasteiger charge is 2.36. The molecule has 1 unspecified atom stereocenters. The van der Waals surface area contributed by atoms with Crippen LogP contribution in [-0.2, 0) is 19.9 Å². The molecule has 7 nitrogen and oxygen atoms in total. The van der Waals surface area contributed by atoms with Gasteiger partial charge in [0.2, 0.25) is 0 Å². The van der Waals surface area contributed by atoms with Crippen molar-refractivity contribution in [2.24, 2.45) is 13.0 Å². The summed E-state index contributed by atoms with van der Waals surface area (Å²) in [5, 5.41) is 16.9. The number of hydrogen-bond donors (Lipinski definition) is 3. The number of aromatic nitrogens is 3. The van der Waals surface area contributed by atoms with E-state index in [1.165, 1.54) is 0 Å². The predicted molar refractivity (Wildman–Crippen MR) is 95.9 cm³/mol. The monoisotopic (exact) mass is 356 g/mol. The summed E-state index contributed by atoms with van der Waals surface area (Å²) in [5.41, 5.74) is 2.76. The van der Waals surface area contributed by atoms with Gasteiger partial charge in [0.15, 0.2) is 0 Å². The van der Waals surface area contributed by atoms with Crippen LogP contribution in [0.2, 0.25) is 0 Å². The smallest absolute Gasteiger partial charge is 0.261 e. The molecule has 0 radical (unpaired) electrons. The van der Waals surface area contributed by atoms with Crippen molar-refractivity contribution in [3.63, 3.8) is 0 Å². The normalized spacial score (nSPS) is 23.0. The Bertz CT molecular complexity index is 879. The van der Waals surface area contributed by atoms with Crippen molar-refractivity contribution in [3.05, 3.63) is 51.2 Å². The Kier molecular flexibility index (Phi) is 4.40. The van der Waals surface area contributed by atoms with E-state index >= 15 is 0 Å². The fourth-order valence-electron chi connectivity index (χ4n) is 4.04. The van der Waals surface area contributed by atoms with Crippen LogP contribution in [0.15, 0.2) is 23.3 Å². The summed E-state index contributed by atoms with van der Waals surface area (Å²) in [6.07, 6.45) is 8.47. The molecule has 4 rings (SSSR count). The van der Waals surface area contributed by atoms with Crippen LogP contribution in [0.25, 0.3) is 0 Å². The Balaban J connectivity index is 1.59. The van der Waals surface area contributed by atoms with E-state index in [1.807, 2.05) is 13.2 Å². The number of aromatic amines is 1. The highest BCUT2D eigenvalue weighted by atomic mass is 16.3. The van der Waals surface area contributed by atoms with Gasteiger partial charge in [0.05, 0.1) is 18.3 Å². The van der Waals surface area contributed by atoms with Gasteiger partial charge in [-0.1, -0.05) is 0 Å². The van der Waals surface area contributed by atoms with Crippen LogP contribution in [0, 0.1) is 5.92 Å². The second-order valence-corrected chi connectivity index (χ2v) is 7.51. The lowest BCUT2D eigenvalue weighted by molar-refractivity contribution is 0.0235. The number of rotatable bonds is 4. The molecule has 7 heteroatoms. The molecule has 1 fully saturated rings. The maximum absolute atomic E-state index is 12.8. The van der Waals surface area contributed by atoms with E-state index in [9.17, 15) is 14.7 Å². The number of aliphatic hydroxyl groups is 1. The second-order valence-electron chi connectivity index (χ2n) is 7.51. The first-order valence-electron chi connectivity index (χ1n) is 9.24. The van der Waals surface area contributed by atoms with E-state index in [0.717, 1.165) is 42.5 Å². The third kappa shape index (κ3) is 3.19. The zero-order chi connectivity index (χ0) is 18.3. The van der Waals surface area contributed by atoms with Gasteiger partial charge in [0.1, 0.15) is 5.56 Å². The van der Waals surface area contributed by atoms with Gasteiger partial charge in [-0.05, 0) is 56.1 Å². The summed E-state index contributed by atoms with van der Waals surface area (Å²) < 4.78 is 1.69. The Morgan fingerprint density at radius 2 is 2.15 bits per heavy atom. The summed E-state index contributed by atoms with van der Waals surface area (Å²) >= 11 is 0. The maximum Gasteiger partial charge on any atom is 0.261 e. The van der Waals surface area contributed by atoms with Crippen molar-refractivity contribution in [2.45, 2.75) is 50.7 Å². The molecule has 1 saturated carbocycles. The molecular formula is C19H24N4O3. The van der Waals surface area contributed by atoms with Gasteiger partial charge in [-0.15, -0.1) is 0 Å². The lowest BCUT2D eigenvalue weighted by atomic mass is 9.75. The topological polar surface area (TPSA) is 100 Å². The molecule has 0 bridgehead atoms. The Hall–Kier alpha value is -2.41. The fourth-order valence-corrected chi connectivity index (χ4v) is 4.04. The number of pyridine rings is 1. The van der Waals surface area contributed by atoms with E-state index in [4.69, 9.17) is 0 Å². The summed E-state index contributed by atoms with van der Waals surface area (Å²) in [6.45, 7) is 0. The molecule has 2 aliphatic carbocycles. The van der Waals surface area contributed by atoms with E-state index in [0.29, 0.717) is 12.8 Å². The minimum Gasteiger partial charge on any atom is -0.393 e. The number of carbonyl (C=O) groups is 1. The molecule has 2 aromatic rings. The van der Waals surface area contributed by atoms with Crippen molar-refractivity contribution in [3.8, 4) is 0 Å². The molecule has 0 aromatic carbocycles. The lowest BCUT2D eigenvalue weighted by Gasteiger charge is -2.37. The predicted octanol–water partition coefficient (Wildman–Crippen LogP) is 1.23. The number of nitrogens with zero attached hydrogens (tertiary/aromatic N) is 2. The van der Waals surface area contributed by atoms with Crippen molar-refractivity contribution in [1.29, 1.82) is 0 Å². The minimum atomic E-state index is -0.366. The SMILES string of the molecule is Cn1cc(C(NC(=O)c2cc3c([nH]c2=O)CCCC3)C2CC(O)C2)cn1. The van der Waals surface area contributed by atoms with Crippen molar-refractivity contribution >= 4 is 5.91 Å². The van der Waals surface area contributed by atoms with Crippen molar-refractivity contribution in [1.82, 2.24) is 20.1 Å². The largest absolute Gasteiger partial charge is 0.393 e. The first kappa shape index (κ1) is 17.0. The third-order valence-corrected chi connectivity index (χ3v) is 5.57. The van der Waals surface area contributed by atoms with Crippen LogP contribution >= 0.6 is 0 Å². The van der Waals surface area contributed by atoms with Crippen molar-refractivity contribution < 1.29 is 9.90 Å². The molecule has 2 aromatic heterocycles. The van der Waals surface area contributed by atoms with Gasteiger partial charge in [0, 0.05) is 24.5 Å². The molecule has 1 atom stereocenters. The number of aryl methyl sites for hydroxylation is 3. The molecule has 0 aliphatic heterocycles. The van der Waals surface area contributed by atoms with Crippen LogP contribution in [-0.4, -0.2) is 31.9 Å². The molecule has 2 aliphatic rings. The van der Waals surface area contributed by atoms with E-state index in [-0.39, 0.29) is 35.1 Å². The zero-order valence-electron chi connectivity index (χ0n) is 14.9. The maximum atomic E-state index is 12.8. The molecule has 26 heavy (non-hydrogen) atoms. The van der Waals surface area contributed by atoms with E-state index in [1.54, 1.807) is 16.9 Å². The highest BCUT2D eigenvalue weighted by Crippen LogP contribution is 2.38. The van der Waals surface area contributed by atoms with Gasteiger partial charge in [-0.2, -0.15) is 5.10 Å². The highest BCUT2D eigenvalue weighted by molar-refractivity contribution is 5.94. The zero-order valence-corrected chi connectivity index (χ0v) is 14.9. The molecule has 1 amide bonds. The molecule has 0 saturated heterocycles. The molecule has 3 N–H and O–H groups in total. The number of H-pyrrole nitrogens is 1. The number of hydrogen-bond acceptors (Lipinski definition) is 4. The Morgan fingerprint density at radius 3 is 2.85 bits per heavy atom. The Morgan fingerprint density at radius 1 is 1.38 bits per heavy atom. The first-order valence-corrected chi connectivity index (χ1v) is 9.24. The number of carbonyl (C=O) groups excluding carboxylic acids is 1. The second kappa shape index (κ2) is 6.72. The average Bonchev–Trinajstić information content (AvgIpc) is 3.02. The molecule has 138 valence electrons. The standard InChI is InChI=1S/C19H24N4O3/c1-23-10-13(9-20-23)17(12-6-14(24)7-12)22-19(26)15-8-11-4-2-3-5-16(11)21-18(15)25/h8-10,12,14,17,24H,2-7H2,1H3,(H,21,25)(H,22,26). The number of aliphatic hydroxyl groups excluding tert-OH is 1. The summed E-state index contributed by atoms with van der Waals surface area (Å²) in [6, 6.07) is 1.49. The van der Waals surface area contributed by atoms with Gasteiger partial charge in [-0.3, -0.25) is 14.3 Å². The molecular weight excluding hydrogens is 332 g/mol. The summed E-state index contributed by atoms with van der Waals surface area (Å²) in [4.78, 5) is 28.1. The van der Waals surface area contributed by atoms with Gasteiger partial charge in [-0.25, -0.2) is 0 Å². The average molecular weight is 356 g/mol. The molecule has 2 heterocycles. The molecule has 0 spiro atoms. The van der Waals surface area contributed by atoms with Crippen LogP contribution in [0.5, 0.6) is 0 Å². The van der Waals surface area contributed by atoms with Crippen LogP contribution in [0.3, 0.4) is 0 Å². The van der Waals surface area contributed by atoms with Crippen LogP contribution in [0.1, 0.15) is 58.9 Å². The van der Waals surface area contributed by atoms with Gasteiger partial charge in [0.25, 0.3) is 11.5 Å². The Labute approximate surface area is 151 Å². The van der Waals surface area contributed by atoms with E-state index < -0.39 is 0 Å². The summed E-state index contributed by atoms with van der Waals surface area (Å²) in [5.74, 6) is -0.218. The van der Waals surface area contributed by atoms with Gasteiger partial charge < -0.3 is 15.4 Å². The number of nitrogens with one attached hydrogen (secondary N) is 2. The first-order chi connectivity index (χ1) is 12.5.